The average molecular weight is 230 g/mol. The Hall–Kier alpha value is -1.33. The molecule has 1 aromatic rings. The summed E-state index contributed by atoms with van der Waals surface area (Å²) < 4.78 is 0. The van der Waals surface area contributed by atoms with Crippen molar-refractivity contribution >= 4 is 0 Å². The predicted octanol–water partition coefficient (Wildman–Crippen LogP) is 2.80. The van der Waals surface area contributed by atoms with E-state index in [1.807, 2.05) is 19.3 Å². The van der Waals surface area contributed by atoms with Crippen molar-refractivity contribution < 1.29 is 0 Å². The fourth-order valence-electron chi connectivity index (χ4n) is 1.74. The topological polar surface area (TPSA) is 24.9 Å². The highest BCUT2D eigenvalue weighted by atomic mass is 14.9. The minimum Gasteiger partial charge on any atom is -0.313 e. The van der Waals surface area contributed by atoms with Crippen molar-refractivity contribution in [2.75, 3.05) is 6.54 Å². The van der Waals surface area contributed by atoms with Gasteiger partial charge in [0.2, 0.25) is 0 Å². The molecule has 92 valence electrons. The van der Waals surface area contributed by atoms with Crippen LogP contribution in [-0.2, 0) is 6.42 Å². The first-order chi connectivity index (χ1) is 8.36. The van der Waals surface area contributed by atoms with Crippen molar-refractivity contribution in [3.63, 3.8) is 0 Å². The maximum atomic E-state index is 4.03. The van der Waals surface area contributed by atoms with Crippen LogP contribution < -0.4 is 5.32 Å². The zero-order valence-corrected chi connectivity index (χ0v) is 10.9. The molecule has 1 atom stereocenters. The van der Waals surface area contributed by atoms with Crippen molar-refractivity contribution in [2.24, 2.45) is 0 Å². The summed E-state index contributed by atoms with van der Waals surface area (Å²) in [6, 6.07) is 4.68. The van der Waals surface area contributed by atoms with Gasteiger partial charge in [-0.2, -0.15) is 0 Å². The second-order valence-corrected chi connectivity index (χ2v) is 4.18. The Balaban J connectivity index is 2.39. The first-order valence-electron chi connectivity index (χ1n) is 6.38. The summed E-state index contributed by atoms with van der Waals surface area (Å²) in [5, 5.41) is 3.56. The molecule has 0 aromatic carbocycles. The van der Waals surface area contributed by atoms with Crippen LogP contribution in [0.25, 0.3) is 0 Å². The lowest BCUT2D eigenvalue weighted by molar-refractivity contribution is 0.488. The van der Waals surface area contributed by atoms with Gasteiger partial charge in [-0.3, -0.25) is 4.98 Å². The molecule has 1 N–H and O–H groups in total. The quantitative estimate of drug-likeness (QED) is 0.729. The highest BCUT2D eigenvalue weighted by Gasteiger charge is 2.06. The largest absolute Gasteiger partial charge is 0.313 e. The molecule has 1 aromatic heterocycles. The minimum atomic E-state index is 0.510. The number of hydrogen-bond acceptors (Lipinski definition) is 2. The van der Waals surface area contributed by atoms with E-state index in [1.54, 1.807) is 0 Å². The van der Waals surface area contributed by atoms with E-state index in [4.69, 9.17) is 0 Å². The summed E-state index contributed by atoms with van der Waals surface area (Å²) in [5.41, 5.74) is 1.35. The highest BCUT2D eigenvalue weighted by Crippen LogP contribution is 2.06. The average Bonchev–Trinajstić information content (AvgIpc) is 2.39. The summed E-state index contributed by atoms with van der Waals surface area (Å²) in [6.07, 6.45) is 8.06. The summed E-state index contributed by atoms with van der Waals surface area (Å²) in [5.74, 6) is 6.14. The van der Waals surface area contributed by atoms with E-state index >= 15 is 0 Å². The van der Waals surface area contributed by atoms with Crippen LogP contribution in [0.3, 0.4) is 0 Å². The van der Waals surface area contributed by atoms with Gasteiger partial charge >= 0.3 is 0 Å². The van der Waals surface area contributed by atoms with Crippen molar-refractivity contribution in [1.82, 2.24) is 10.3 Å². The SMILES string of the molecule is CC#CCC(CCc1ccncc1)NCCC. The van der Waals surface area contributed by atoms with E-state index in [0.29, 0.717) is 6.04 Å². The monoisotopic (exact) mass is 230 g/mol. The van der Waals surface area contributed by atoms with Crippen LogP contribution in [-0.4, -0.2) is 17.6 Å². The zero-order chi connectivity index (χ0) is 12.3. The molecule has 2 nitrogen and oxygen atoms in total. The molecule has 2 heteroatoms. The molecule has 0 spiro atoms. The molecule has 0 fully saturated rings. The van der Waals surface area contributed by atoms with E-state index in [9.17, 15) is 0 Å². The predicted molar refractivity (Wildman–Crippen MR) is 72.7 cm³/mol. The number of aromatic nitrogens is 1. The smallest absolute Gasteiger partial charge is 0.0270 e. The normalized spacial score (nSPS) is 11.6. The zero-order valence-electron chi connectivity index (χ0n) is 10.9. The maximum Gasteiger partial charge on any atom is 0.0270 e. The van der Waals surface area contributed by atoms with Gasteiger partial charge in [-0.1, -0.05) is 6.92 Å². The second kappa shape index (κ2) is 8.78. The molecule has 0 aliphatic heterocycles. The fourth-order valence-corrected chi connectivity index (χ4v) is 1.74. The lowest BCUT2D eigenvalue weighted by Gasteiger charge is -2.15. The maximum absolute atomic E-state index is 4.03. The second-order valence-electron chi connectivity index (χ2n) is 4.18. The molecule has 1 rings (SSSR count). The fraction of sp³-hybridized carbons (Fsp3) is 0.533. The molecule has 0 aliphatic rings. The molecular formula is C15H22N2. The third-order valence-corrected chi connectivity index (χ3v) is 2.74. The van der Waals surface area contributed by atoms with Gasteiger partial charge in [0.1, 0.15) is 0 Å². The molecule has 17 heavy (non-hydrogen) atoms. The Morgan fingerprint density at radius 3 is 2.76 bits per heavy atom. The number of hydrogen-bond donors (Lipinski definition) is 1. The highest BCUT2D eigenvalue weighted by molar-refractivity contribution is 5.10. The lowest BCUT2D eigenvalue weighted by atomic mass is 10.0. The van der Waals surface area contributed by atoms with Gasteiger partial charge in [-0.25, -0.2) is 0 Å². The van der Waals surface area contributed by atoms with Gasteiger partial charge in [-0.15, -0.1) is 11.8 Å². The molecule has 0 aliphatic carbocycles. The van der Waals surface area contributed by atoms with Crippen LogP contribution in [0.4, 0.5) is 0 Å². The van der Waals surface area contributed by atoms with Gasteiger partial charge in [0.05, 0.1) is 0 Å². The minimum absolute atomic E-state index is 0.510. The van der Waals surface area contributed by atoms with Crippen molar-refractivity contribution in [3.8, 4) is 11.8 Å². The number of nitrogens with one attached hydrogen (secondary N) is 1. The summed E-state index contributed by atoms with van der Waals surface area (Å²) in [7, 11) is 0. The van der Waals surface area contributed by atoms with Crippen LogP contribution in [0.2, 0.25) is 0 Å². The number of aryl methyl sites for hydroxylation is 1. The van der Waals surface area contributed by atoms with Crippen LogP contribution in [0.1, 0.15) is 38.7 Å². The molecule has 0 bridgehead atoms. The first kappa shape index (κ1) is 13.7. The van der Waals surface area contributed by atoms with Crippen LogP contribution in [0.15, 0.2) is 24.5 Å². The first-order valence-corrected chi connectivity index (χ1v) is 6.38. The Labute approximate surface area is 105 Å². The molecule has 0 saturated carbocycles. The lowest BCUT2D eigenvalue weighted by Crippen LogP contribution is -2.29. The number of nitrogens with zero attached hydrogens (tertiary/aromatic N) is 1. The van der Waals surface area contributed by atoms with E-state index < -0.39 is 0 Å². The summed E-state index contributed by atoms with van der Waals surface area (Å²) >= 11 is 0. The number of pyridine rings is 1. The van der Waals surface area contributed by atoms with Crippen LogP contribution >= 0.6 is 0 Å². The Kier molecular flexibility index (Phi) is 7.09. The van der Waals surface area contributed by atoms with Crippen molar-refractivity contribution in [3.05, 3.63) is 30.1 Å². The van der Waals surface area contributed by atoms with Gasteiger partial charge in [0.25, 0.3) is 0 Å². The van der Waals surface area contributed by atoms with Crippen molar-refractivity contribution in [1.29, 1.82) is 0 Å². The molecule has 0 amide bonds. The van der Waals surface area contributed by atoms with Crippen LogP contribution in [0, 0.1) is 11.8 Å². The number of rotatable bonds is 7. The van der Waals surface area contributed by atoms with Gasteiger partial charge in [0, 0.05) is 24.9 Å². The molecular weight excluding hydrogens is 208 g/mol. The molecule has 1 unspecified atom stereocenters. The molecule has 0 saturated heterocycles. The Morgan fingerprint density at radius 2 is 2.12 bits per heavy atom. The van der Waals surface area contributed by atoms with Crippen LogP contribution in [0.5, 0.6) is 0 Å². The Bertz CT molecular complexity index is 348. The van der Waals surface area contributed by atoms with Gasteiger partial charge in [-0.05, 0) is 50.4 Å². The van der Waals surface area contributed by atoms with Gasteiger partial charge < -0.3 is 5.32 Å². The van der Waals surface area contributed by atoms with E-state index in [-0.39, 0.29) is 0 Å². The Morgan fingerprint density at radius 1 is 1.35 bits per heavy atom. The standard InChI is InChI=1S/C15H22N2/c1-3-5-6-15(17-11-4-2)8-7-14-9-12-16-13-10-14/h9-10,12-13,15,17H,4,6-8,11H2,1-2H3. The summed E-state index contributed by atoms with van der Waals surface area (Å²) in [4.78, 5) is 4.03. The van der Waals surface area contributed by atoms with E-state index in [0.717, 1.165) is 25.8 Å². The molecule has 1 heterocycles. The van der Waals surface area contributed by atoms with E-state index in [2.05, 4.69) is 41.2 Å². The van der Waals surface area contributed by atoms with E-state index in [1.165, 1.54) is 12.0 Å². The molecule has 0 radical (unpaired) electrons. The van der Waals surface area contributed by atoms with Gasteiger partial charge in [0.15, 0.2) is 0 Å². The third kappa shape index (κ3) is 6.09. The third-order valence-electron chi connectivity index (χ3n) is 2.74. The van der Waals surface area contributed by atoms with Crippen molar-refractivity contribution in [2.45, 2.75) is 45.6 Å². The summed E-state index contributed by atoms with van der Waals surface area (Å²) in [6.45, 7) is 5.17.